The van der Waals surface area contributed by atoms with Crippen LogP contribution in [0, 0.1) is 18.8 Å². The number of amides is 2. The van der Waals surface area contributed by atoms with Crippen LogP contribution in [-0.2, 0) is 9.59 Å². The van der Waals surface area contributed by atoms with Crippen molar-refractivity contribution in [2.24, 2.45) is 11.8 Å². The molecule has 0 radical (unpaired) electrons. The van der Waals surface area contributed by atoms with Crippen LogP contribution in [0.2, 0.25) is 0 Å². The van der Waals surface area contributed by atoms with Crippen LogP contribution in [0.5, 0.6) is 0 Å². The van der Waals surface area contributed by atoms with E-state index in [0.29, 0.717) is 37.7 Å². The number of rotatable bonds is 5. The van der Waals surface area contributed by atoms with Gasteiger partial charge in [-0.05, 0) is 32.1 Å². The van der Waals surface area contributed by atoms with E-state index < -0.39 is 12.5 Å². The molecule has 2 fully saturated rings. The fourth-order valence-electron chi connectivity index (χ4n) is 5.07. The molecular weight excluding hydrogens is 392 g/mol. The Kier molecular flexibility index (Phi) is 5.79. The molecule has 0 bridgehead atoms. The lowest BCUT2D eigenvalue weighted by atomic mass is 9.85. The summed E-state index contributed by atoms with van der Waals surface area (Å²) in [4.78, 5) is 28.7. The molecule has 1 aromatic heterocycles. The summed E-state index contributed by atoms with van der Waals surface area (Å²) in [7, 11) is 0. The second kappa shape index (κ2) is 8.35. The quantitative estimate of drug-likeness (QED) is 0.742. The third kappa shape index (κ3) is 3.94. The summed E-state index contributed by atoms with van der Waals surface area (Å²) in [6, 6.07) is 0.711. The second-order valence-corrected chi connectivity index (χ2v) is 8.68. The fourth-order valence-corrected chi connectivity index (χ4v) is 5.07. The van der Waals surface area contributed by atoms with E-state index in [2.05, 4.69) is 17.0 Å². The Morgan fingerprint density at radius 2 is 2.23 bits per heavy atom. The first kappa shape index (κ1) is 20.8. The van der Waals surface area contributed by atoms with E-state index in [0.717, 1.165) is 12.8 Å². The van der Waals surface area contributed by atoms with E-state index in [-0.39, 0.29) is 42.5 Å². The number of carbonyl (C=O) groups excluding carboxylic acids is 2. The molecule has 3 aliphatic heterocycles. The van der Waals surface area contributed by atoms with Gasteiger partial charge in [0.2, 0.25) is 11.8 Å². The van der Waals surface area contributed by atoms with Gasteiger partial charge < -0.3 is 15.1 Å². The molecular formula is C21H29F2N5O2. The summed E-state index contributed by atoms with van der Waals surface area (Å²) in [5.74, 6) is 0.377. The Balaban J connectivity index is 1.43. The summed E-state index contributed by atoms with van der Waals surface area (Å²) in [5.41, 5.74) is 0.708. The molecule has 3 aliphatic rings. The van der Waals surface area contributed by atoms with Crippen molar-refractivity contribution >= 4 is 17.6 Å². The van der Waals surface area contributed by atoms with Crippen molar-refractivity contribution in [3.63, 3.8) is 0 Å². The van der Waals surface area contributed by atoms with Crippen molar-refractivity contribution < 1.29 is 18.4 Å². The molecule has 7 nitrogen and oxygen atoms in total. The molecule has 9 heteroatoms. The highest BCUT2D eigenvalue weighted by Gasteiger charge is 2.41. The number of hydrogen-bond acceptors (Lipinski definition) is 4. The van der Waals surface area contributed by atoms with Gasteiger partial charge in [-0.15, -0.1) is 6.58 Å². The van der Waals surface area contributed by atoms with E-state index in [1.165, 1.54) is 4.68 Å². The average molecular weight is 421 g/mol. The average Bonchev–Trinajstić information content (AvgIpc) is 3.28. The Hall–Kier alpha value is -2.45. The molecule has 0 spiro atoms. The normalized spacial score (nSPS) is 29.1. The fraction of sp³-hybridized carbons (Fsp3) is 0.667. The number of nitrogens with zero attached hydrogens (tertiary/aromatic N) is 4. The summed E-state index contributed by atoms with van der Waals surface area (Å²) in [6.45, 7) is 7.53. The number of piperidine rings is 1. The van der Waals surface area contributed by atoms with Gasteiger partial charge in [0, 0.05) is 44.7 Å². The SMILES string of the molecule is C=CCN1CC(C(=O)N2CCCC([C@@H]3C[C@H](C(F)F)n4nc(C)cc4N3)C2)CC1=O. The van der Waals surface area contributed by atoms with Gasteiger partial charge in [-0.3, -0.25) is 9.59 Å². The predicted molar refractivity (Wildman–Crippen MR) is 108 cm³/mol. The molecule has 4 heterocycles. The number of anilines is 1. The van der Waals surface area contributed by atoms with Crippen LogP contribution in [0.25, 0.3) is 0 Å². The second-order valence-electron chi connectivity index (χ2n) is 8.68. The van der Waals surface area contributed by atoms with Crippen molar-refractivity contribution in [2.75, 3.05) is 31.5 Å². The third-order valence-electron chi connectivity index (χ3n) is 6.54. The van der Waals surface area contributed by atoms with Crippen LogP contribution in [0.1, 0.15) is 37.4 Å². The number of aryl methyl sites for hydroxylation is 1. The van der Waals surface area contributed by atoms with Crippen molar-refractivity contribution in [1.82, 2.24) is 19.6 Å². The highest BCUT2D eigenvalue weighted by Crippen LogP contribution is 2.37. The van der Waals surface area contributed by atoms with E-state index in [1.54, 1.807) is 24.0 Å². The Morgan fingerprint density at radius 3 is 2.97 bits per heavy atom. The maximum atomic E-state index is 13.7. The van der Waals surface area contributed by atoms with Crippen molar-refractivity contribution in [3.8, 4) is 0 Å². The van der Waals surface area contributed by atoms with Gasteiger partial charge in [0.25, 0.3) is 6.43 Å². The topological polar surface area (TPSA) is 70.5 Å². The number of alkyl halides is 2. The standard InChI is InChI=1S/C21H29F2N5O2/c1-3-6-26-12-15(9-19(26)29)21(30)27-7-4-5-14(11-27)16-10-17(20(22)23)28-18(24-16)8-13(2)25-28/h3,8,14-17,20,24H,1,4-7,9-12H2,2H3/t14?,15?,16-,17+/m0/s1. The molecule has 4 rings (SSSR count). The smallest absolute Gasteiger partial charge is 0.260 e. The first-order chi connectivity index (χ1) is 14.4. The minimum Gasteiger partial charge on any atom is -0.367 e. The molecule has 2 unspecified atom stereocenters. The summed E-state index contributed by atoms with van der Waals surface area (Å²) in [5, 5.41) is 7.61. The first-order valence-corrected chi connectivity index (χ1v) is 10.7. The van der Waals surface area contributed by atoms with Crippen LogP contribution in [-0.4, -0.2) is 70.0 Å². The van der Waals surface area contributed by atoms with Gasteiger partial charge in [0.15, 0.2) is 0 Å². The number of fused-ring (bicyclic) bond motifs is 1. The minimum absolute atomic E-state index is 0.00159. The maximum Gasteiger partial charge on any atom is 0.260 e. The molecule has 1 N–H and O–H groups in total. The highest BCUT2D eigenvalue weighted by molar-refractivity contribution is 5.89. The number of likely N-dealkylation sites (tertiary alicyclic amines) is 2. The Bertz CT molecular complexity index is 826. The summed E-state index contributed by atoms with van der Waals surface area (Å²) < 4.78 is 28.8. The van der Waals surface area contributed by atoms with E-state index in [9.17, 15) is 18.4 Å². The Morgan fingerprint density at radius 1 is 1.43 bits per heavy atom. The Labute approximate surface area is 175 Å². The van der Waals surface area contributed by atoms with Gasteiger partial charge in [-0.2, -0.15) is 5.10 Å². The lowest BCUT2D eigenvalue weighted by Gasteiger charge is -2.41. The monoisotopic (exact) mass is 421 g/mol. The third-order valence-corrected chi connectivity index (χ3v) is 6.54. The molecule has 164 valence electrons. The van der Waals surface area contributed by atoms with E-state index >= 15 is 0 Å². The van der Waals surface area contributed by atoms with Gasteiger partial charge in [-0.1, -0.05) is 6.08 Å². The summed E-state index contributed by atoms with van der Waals surface area (Å²) >= 11 is 0. The van der Waals surface area contributed by atoms with Crippen molar-refractivity contribution in [2.45, 2.75) is 51.1 Å². The van der Waals surface area contributed by atoms with Crippen molar-refractivity contribution in [1.29, 1.82) is 0 Å². The van der Waals surface area contributed by atoms with Crippen LogP contribution in [0.15, 0.2) is 18.7 Å². The zero-order chi connectivity index (χ0) is 21.4. The highest BCUT2D eigenvalue weighted by atomic mass is 19.3. The van der Waals surface area contributed by atoms with Gasteiger partial charge in [-0.25, -0.2) is 13.5 Å². The predicted octanol–water partition coefficient (Wildman–Crippen LogP) is 2.46. The molecule has 0 aromatic carbocycles. The molecule has 4 atom stereocenters. The van der Waals surface area contributed by atoms with Gasteiger partial charge in [0.1, 0.15) is 11.9 Å². The van der Waals surface area contributed by atoms with Crippen LogP contribution in [0.3, 0.4) is 0 Å². The first-order valence-electron chi connectivity index (χ1n) is 10.7. The zero-order valence-electron chi connectivity index (χ0n) is 17.3. The van der Waals surface area contributed by atoms with Gasteiger partial charge >= 0.3 is 0 Å². The molecule has 1 aromatic rings. The molecule has 30 heavy (non-hydrogen) atoms. The number of nitrogens with one attached hydrogen (secondary N) is 1. The van der Waals surface area contributed by atoms with Crippen LogP contribution in [0.4, 0.5) is 14.6 Å². The number of carbonyl (C=O) groups is 2. The summed E-state index contributed by atoms with van der Waals surface area (Å²) in [6.07, 6.45) is 1.42. The molecule has 2 amide bonds. The molecule has 0 aliphatic carbocycles. The van der Waals surface area contributed by atoms with E-state index in [1.807, 2.05) is 4.90 Å². The van der Waals surface area contributed by atoms with Gasteiger partial charge in [0.05, 0.1) is 11.6 Å². The van der Waals surface area contributed by atoms with Crippen molar-refractivity contribution in [3.05, 3.63) is 24.4 Å². The number of aromatic nitrogens is 2. The van der Waals surface area contributed by atoms with Crippen LogP contribution < -0.4 is 5.32 Å². The zero-order valence-corrected chi connectivity index (χ0v) is 17.3. The molecule has 2 saturated heterocycles. The lowest BCUT2D eigenvalue weighted by Crippen LogP contribution is -2.49. The largest absolute Gasteiger partial charge is 0.367 e. The van der Waals surface area contributed by atoms with E-state index in [4.69, 9.17) is 0 Å². The maximum absolute atomic E-state index is 13.7. The number of hydrogen-bond donors (Lipinski definition) is 1. The molecule has 0 saturated carbocycles. The minimum atomic E-state index is -2.49. The number of halogens is 2. The lowest BCUT2D eigenvalue weighted by molar-refractivity contribution is -0.137. The van der Waals surface area contributed by atoms with Crippen LogP contribution >= 0.6 is 0 Å².